The van der Waals surface area contributed by atoms with Crippen molar-refractivity contribution in [2.24, 2.45) is 5.92 Å². The Bertz CT molecular complexity index is 1160. The van der Waals surface area contributed by atoms with Crippen LogP contribution in [0.5, 0.6) is 0 Å². The first kappa shape index (κ1) is 20.4. The van der Waals surface area contributed by atoms with E-state index < -0.39 is 22.2 Å². The van der Waals surface area contributed by atoms with Gasteiger partial charge in [0.2, 0.25) is 10.0 Å². The number of aliphatic hydroxyl groups is 1. The normalized spacial score (nSPS) is 23.4. The van der Waals surface area contributed by atoms with Crippen molar-refractivity contribution >= 4 is 10.0 Å². The van der Waals surface area contributed by atoms with Crippen LogP contribution in [0.4, 0.5) is 0 Å². The van der Waals surface area contributed by atoms with Gasteiger partial charge in [0.05, 0.1) is 11.0 Å². The summed E-state index contributed by atoms with van der Waals surface area (Å²) in [6.07, 6.45) is 1.64. The van der Waals surface area contributed by atoms with Gasteiger partial charge < -0.3 is 5.11 Å². The van der Waals surface area contributed by atoms with E-state index in [-0.39, 0.29) is 16.7 Å². The SMILES string of the molecule is Cc1ccc(S(=O)(=O)N[C@@H]2CCC[C@H](C3c4ccccc4-c4ccccc43)[C@H]2O)cc1. The molecular formula is C26H27NO3S. The first-order valence-corrected chi connectivity index (χ1v) is 12.4. The predicted octanol–water partition coefficient (Wildman–Crippen LogP) is 4.62. The second kappa shape index (κ2) is 7.90. The largest absolute Gasteiger partial charge is 0.391 e. The van der Waals surface area contributed by atoms with Gasteiger partial charge in [-0.05, 0) is 60.1 Å². The molecule has 31 heavy (non-hydrogen) atoms. The molecule has 0 amide bonds. The Kier molecular flexibility index (Phi) is 5.21. The summed E-state index contributed by atoms with van der Waals surface area (Å²) in [6, 6.07) is 23.1. The van der Waals surface area contributed by atoms with Crippen molar-refractivity contribution in [2.75, 3.05) is 0 Å². The number of aliphatic hydroxyl groups excluding tert-OH is 1. The van der Waals surface area contributed by atoms with Crippen molar-refractivity contribution in [1.29, 1.82) is 0 Å². The fourth-order valence-corrected chi connectivity index (χ4v) is 6.63. The first-order chi connectivity index (χ1) is 15.0. The topological polar surface area (TPSA) is 66.4 Å². The third-order valence-electron chi connectivity index (χ3n) is 6.85. The number of rotatable bonds is 4. The number of aryl methyl sites for hydroxylation is 1. The molecule has 0 unspecified atom stereocenters. The van der Waals surface area contributed by atoms with Crippen LogP contribution in [-0.4, -0.2) is 25.7 Å². The Labute approximate surface area is 184 Å². The van der Waals surface area contributed by atoms with Crippen molar-refractivity contribution in [1.82, 2.24) is 4.72 Å². The minimum atomic E-state index is -3.69. The summed E-state index contributed by atoms with van der Waals surface area (Å²) in [7, 11) is -3.69. The number of benzene rings is 3. The molecule has 2 aliphatic carbocycles. The van der Waals surface area contributed by atoms with Gasteiger partial charge in [0.1, 0.15) is 0 Å². The average Bonchev–Trinajstić information content (AvgIpc) is 3.10. The second-order valence-corrected chi connectivity index (χ2v) is 10.5. The van der Waals surface area contributed by atoms with Crippen LogP contribution in [-0.2, 0) is 10.0 Å². The standard InChI is InChI=1S/C26H27NO3S/c1-17-13-15-18(16-14-17)31(29,30)27-24-12-6-11-23(26(24)28)25-21-9-4-2-7-19(21)20-8-3-5-10-22(20)25/h2-5,7-10,13-16,23-28H,6,11-12H2,1H3/t23-,24-,26-/m1/s1. The van der Waals surface area contributed by atoms with E-state index in [4.69, 9.17) is 0 Å². The molecule has 0 radical (unpaired) electrons. The minimum absolute atomic E-state index is 0.0377. The highest BCUT2D eigenvalue weighted by Gasteiger charge is 2.42. The Morgan fingerprint density at radius 3 is 2.03 bits per heavy atom. The van der Waals surface area contributed by atoms with Crippen molar-refractivity contribution in [2.45, 2.75) is 49.1 Å². The van der Waals surface area contributed by atoms with Crippen LogP contribution < -0.4 is 4.72 Å². The molecule has 0 bridgehead atoms. The van der Waals surface area contributed by atoms with Gasteiger partial charge in [-0.15, -0.1) is 0 Å². The highest BCUT2D eigenvalue weighted by molar-refractivity contribution is 7.89. The fourth-order valence-electron chi connectivity index (χ4n) is 5.35. The van der Waals surface area contributed by atoms with Gasteiger partial charge in [0.15, 0.2) is 0 Å². The summed E-state index contributed by atoms with van der Waals surface area (Å²) in [6.45, 7) is 1.93. The summed E-state index contributed by atoms with van der Waals surface area (Å²) in [5.74, 6) is 0.0401. The van der Waals surface area contributed by atoms with Crippen molar-refractivity contribution in [3.05, 3.63) is 89.5 Å². The van der Waals surface area contributed by atoms with Gasteiger partial charge in [-0.25, -0.2) is 13.1 Å². The zero-order valence-corrected chi connectivity index (χ0v) is 18.3. The Hall–Kier alpha value is -2.47. The quantitative estimate of drug-likeness (QED) is 0.631. The summed E-state index contributed by atoms with van der Waals surface area (Å²) in [5.41, 5.74) is 5.91. The van der Waals surface area contributed by atoms with E-state index in [0.717, 1.165) is 18.4 Å². The highest BCUT2D eigenvalue weighted by Crippen LogP contribution is 2.51. The van der Waals surface area contributed by atoms with Crippen LogP contribution in [0.2, 0.25) is 0 Å². The van der Waals surface area contributed by atoms with Crippen LogP contribution >= 0.6 is 0 Å². The van der Waals surface area contributed by atoms with Crippen LogP contribution in [0.3, 0.4) is 0 Å². The lowest BCUT2D eigenvalue weighted by molar-refractivity contribution is 0.0384. The average molecular weight is 434 g/mol. The Balaban J connectivity index is 1.45. The highest BCUT2D eigenvalue weighted by atomic mass is 32.2. The lowest BCUT2D eigenvalue weighted by atomic mass is 9.72. The van der Waals surface area contributed by atoms with Crippen LogP contribution in [0.15, 0.2) is 77.7 Å². The summed E-state index contributed by atoms with van der Waals surface area (Å²) >= 11 is 0. The molecule has 2 N–H and O–H groups in total. The number of sulfonamides is 1. The summed E-state index contributed by atoms with van der Waals surface area (Å²) in [5, 5.41) is 11.4. The smallest absolute Gasteiger partial charge is 0.240 e. The molecule has 3 aromatic rings. The van der Waals surface area contributed by atoms with Gasteiger partial charge in [0, 0.05) is 12.0 Å². The molecule has 0 aromatic heterocycles. The van der Waals surface area contributed by atoms with Crippen LogP contribution in [0.1, 0.15) is 41.9 Å². The Morgan fingerprint density at radius 2 is 1.42 bits per heavy atom. The molecule has 0 aliphatic heterocycles. The number of fused-ring (bicyclic) bond motifs is 3. The fraction of sp³-hybridized carbons (Fsp3) is 0.308. The maximum Gasteiger partial charge on any atom is 0.240 e. The molecule has 5 rings (SSSR count). The lowest BCUT2D eigenvalue weighted by Gasteiger charge is -2.39. The minimum Gasteiger partial charge on any atom is -0.391 e. The van der Waals surface area contributed by atoms with Gasteiger partial charge in [-0.2, -0.15) is 0 Å². The van der Waals surface area contributed by atoms with Gasteiger partial charge in [-0.1, -0.05) is 72.6 Å². The Morgan fingerprint density at radius 1 is 0.839 bits per heavy atom. The van der Waals surface area contributed by atoms with E-state index in [0.29, 0.717) is 6.42 Å². The van der Waals surface area contributed by atoms with E-state index in [1.807, 2.05) is 31.2 Å². The van der Waals surface area contributed by atoms with Crippen molar-refractivity contribution < 1.29 is 13.5 Å². The van der Waals surface area contributed by atoms with Crippen molar-refractivity contribution in [3.63, 3.8) is 0 Å². The van der Waals surface area contributed by atoms with Crippen LogP contribution in [0, 0.1) is 12.8 Å². The molecule has 3 atom stereocenters. The number of hydrogen-bond acceptors (Lipinski definition) is 3. The molecule has 5 heteroatoms. The molecule has 1 saturated carbocycles. The van der Waals surface area contributed by atoms with E-state index in [9.17, 15) is 13.5 Å². The lowest BCUT2D eigenvalue weighted by Crippen LogP contribution is -2.50. The summed E-state index contributed by atoms with van der Waals surface area (Å²) < 4.78 is 28.7. The third-order valence-corrected chi connectivity index (χ3v) is 8.36. The molecular weight excluding hydrogens is 406 g/mol. The zero-order chi connectivity index (χ0) is 21.6. The molecule has 3 aromatic carbocycles. The maximum absolute atomic E-state index is 13.0. The van der Waals surface area contributed by atoms with E-state index in [1.165, 1.54) is 22.3 Å². The van der Waals surface area contributed by atoms with Crippen LogP contribution in [0.25, 0.3) is 11.1 Å². The van der Waals surface area contributed by atoms with Gasteiger partial charge in [0.25, 0.3) is 0 Å². The zero-order valence-electron chi connectivity index (χ0n) is 17.5. The first-order valence-electron chi connectivity index (χ1n) is 10.9. The maximum atomic E-state index is 13.0. The molecule has 2 aliphatic rings. The third kappa shape index (κ3) is 3.61. The molecule has 0 spiro atoms. The second-order valence-electron chi connectivity index (χ2n) is 8.78. The molecule has 1 fully saturated rings. The monoisotopic (exact) mass is 433 g/mol. The van der Waals surface area contributed by atoms with Gasteiger partial charge >= 0.3 is 0 Å². The van der Waals surface area contributed by atoms with E-state index in [2.05, 4.69) is 29.0 Å². The molecule has 4 nitrogen and oxygen atoms in total. The number of hydrogen-bond donors (Lipinski definition) is 2. The summed E-state index contributed by atoms with van der Waals surface area (Å²) in [4.78, 5) is 0.240. The van der Waals surface area contributed by atoms with Gasteiger partial charge in [-0.3, -0.25) is 0 Å². The van der Waals surface area contributed by atoms with E-state index >= 15 is 0 Å². The molecule has 160 valence electrons. The number of nitrogens with one attached hydrogen (secondary N) is 1. The van der Waals surface area contributed by atoms with E-state index in [1.54, 1.807) is 24.3 Å². The molecule has 0 heterocycles. The predicted molar refractivity (Wildman–Crippen MR) is 122 cm³/mol. The molecule has 0 saturated heterocycles. The van der Waals surface area contributed by atoms with Crippen molar-refractivity contribution in [3.8, 4) is 11.1 Å².